The third-order valence-corrected chi connectivity index (χ3v) is 5.38. The largest absolute Gasteiger partial charge is 0.339 e. The number of pyridine rings is 1. The predicted molar refractivity (Wildman–Crippen MR) is 109 cm³/mol. The summed E-state index contributed by atoms with van der Waals surface area (Å²) in [4.78, 5) is 16.3. The van der Waals surface area contributed by atoms with Gasteiger partial charge >= 0.3 is 0 Å². The zero-order valence-corrected chi connectivity index (χ0v) is 16.1. The van der Waals surface area contributed by atoms with Crippen LogP contribution in [0.2, 0.25) is 0 Å². The van der Waals surface area contributed by atoms with Crippen molar-refractivity contribution in [3.63, 3.8) is 0 Å². The van der Waals surface area contributed by atoms with Crippen molar-refractivity contribution in [1.29, 1.82) is 0 Å². The molecule has 0 aliphatic heterocycles. The maximum absolute atomic E-state index is 12.2. The Labute approximate surface area is 158 Å². The van der Waals surface area contributed by atoms with Crippen LogP contribution in [-0.4, -0.2) is 21.2 Å². The zero-order chi connectivity index (χ0) is 18.5. The summed E-state index contributed by atoms with van der Waals surface area (Å²) in [5.41, 5.74) is 4.33. The van der Waals surface area contributed by atoms with Gasteiger partial charge in [0, 0.05) is 36.4 Å². The van der Waals surface area contributed by atoms with Crippen LogP contribution in [0.4, 0.5) is 5.69 Å². The van der Waals surface area contributed by atoms with Gasteiger partial charge in [0.2, 0.25) is 5.91 Å². The summed E-state index contributed by atoms with van der Waals surface area (Å²) in [6, 6.07) is 16.1. The number of amides is 1. The highest BCUT2D eigenvalue weighted by molar-refractivity contribution is 7.99. The first-order chi connectivity index (χ1) is 12.5. The first-order valence-corrected chi connectivity index (χ1v) is 9.62. The van der Waals surface area contributed by atoms with Crippen molar-refractivity contribution in [2.24, 2.45) is 7.05 Å². The minimum atomic E-state index is -0.000965. The van der Waals surface area contributed by atoms with Crippen molar-refractivity contribution >= 4 is 23.4 Å². The Balaban J connectivity index is 1.59. The third kappa shape index (κ3) is 4.35. The number of rotatable bonds is 6. The molecule has 5 heteroatoms. The Morgan fingerprint density at radius 2 is 1.77 bits per heavy atom. The van der Waals surface area contributed by atoms with Crippen molar-refractivity contribution in [1.82, 2.24) is 9.55 Å². The van der Waals surface area contributed by atoms with Crippen molar-refractivity contribution in [3.8, 4) is 11.3 Å². The predicted octanol–water partition coefficient (Wildman–Crippen LogP) is 4.94. The van der Waals surface area contributed by atoms with Crippen molar-refractivity contribution in [3.05, 3.63) is 66.5 Å². The van der Waals surface area contributed by atoms with Crippen LogP contribution in [0.3, 0.4) is 0 Å². The maximum atomic E-state index is 12.2. The maximum Gasteiger partial charge on any atom is 0.234 e. The number of anilines is 1. The molecule has 134 valence electrons. The fourth-order valence-electron chi connectivity index (χ4n) is 2.74. The minimum absolute atomic E-state index is 0.000965. The highest BCUT2D eigenvalue weighted by atomic mass is 32.2. The normalized spacial score (nSPS) is 10.9. The van der Waals surface area contributed by atoms with Crippen LogP contribution in [0.15, 0.2) is 66.0 Å². The molecule has 1 amide bonds. The molecule has 2 aromatic heterocycles. The van der Waals surface area contributed by atoms with Gasteiger partial charge in [0.05, 0.1) is 10.8 Å². The van der Waals surface area contributed by atoms with E-state index >= 15 is 0 Å². The van der Waals surface area contributed by atoms with Crippen molar-refractivity contribution < 1.29 is 4.79 Å². The van der Waals surface area contributed by atoms with Gasteiger partial charge in [-0.15, -0.1) is 0 Å². The van der Waals surface area contributed by atoms with Crippen LogP contribution in [0.5, 0.6) is 0 Å². The summed E-state index contributed by atoms with van der Waals surface area (Å²) in [6.07, 6.45) is 3.57. The molecule has 0 saturated carbocycles. The third-order valence-electron chi connectivity index (χ3n) is 4.26. The smallest absolute Gasteiger partial charge is 0.234 e. The molecule has 2 heterocycles. The van der Waals surface area contributed by atoms with E-state index in [-0.39, 0.29) is 5.91 Å². The minimum Gasteiger partial charge on any atom is -0.339 e. The molecule has 3 aromatic rings. The van der Waals surface area contributed by atoms with E-state index in [2.05, 4.69) is 46.9 Å². The monoisotopic (exact) mass is 365 g/mol. The standard InChI is InChI=1S/C21H23N3OS/c1-15(2)16-4-6-18(7-5-16)23-20(25)14-26-21-9-8-19(24(21)3)17-10-12-22-13-11-17/h4-13,15H,14H2,1-3H3,(H,23,25). The van der Waals surface area contributed by atoms with E-state index in [1.807, 2.05) is 37.4 Å². The van der Waals surface area contributed by atoms with Crippen molar-refractivity contribution in [2.45, 2.75) is 24.8 Å². The lowest BCUT2D eigenvalue weighted by Crippen LogP contribution is -2.14. The lowest BCUT2D eigenvalue weighted by molar-refractivity contribution is -0.113. The molecule has 0 aliphatic carbocycles. The second-order valence-corrected chi connectivity index (χ2v) is 7.46. The molecule has 26 heavy (non-hydrogen) atoms. The molecule has 1 N–H and O–H groups in total. The van der Waals surface area contributed by atoms with Crippen LogP contribution in [0.25, 0.3) is 11.3 Å². The van der Waals surface area contributed by atoms with Crippen LogP contribution >= 0.6 is 11.8 Å². The van der Waals surface area contributed by atoms with Gasteiger partial charge < -0.3 is 9.88 Å². The summed E-state index contributed by atoms with van der Waals surface area (Å²) >= 11 is 1.53. The van der Waals surface area contributed by atoms with E-state index < -0.39 is 0 Å². The molecule has 0 radical (unpaired) electrons. The average molecular weight is 366 g/mol. The summed E-state index contributed by atoms with van der Waals surface area (Å²) in [5.74, 6) is 0.862. The van der Waals surface area contributed by atoms with Crippen LogP contribution < -0.4 is 5.32 Å². The zero-order valence-electron chi connectivity index (χ0n) is 15.3. The Hall–Kier alpha value is -2.53. The fraction of sp³-hybridized carbons (Fsp3) is 0.238. The van der Waals surface area contributed by atoms with E-state index in [4.69, 9.17) is 0 Å². The molecule has 0 aliphatic rings. The number of nitrogens with one attached hydrogen (secondary N) is 1. The molecule has 0 atom stereocenters. The number of aromatic nitrogens is 2. The summed E-state index contributed by atoms with van der Waals surface area (Å²) in [6.45, 7) is 4.31. The summed E-state index contributed by atoms with van der Waals surface area (Å²) in [5, 5.41) is 4.02. The van der Waals surface area contributed by atoms with Gasteiger partial charge in [-0.1, -0.05) is 37.7 Å². The molecule has 4 nitrogen and oxygen atoms in total. The second kappa shape index (κ2) is 8.23. The Bertz CT molecular complexity index is 870. The molecule has 0 saturated heterocycles. The van der Waals surface area contributed by atoms with Crippen LogP contribution in [0.1, 0.15) is 25.3 Å². The van der Waals surface area contributed by atoms with Crippen LogP contribution in [0, 0.1) is 0 Å². The van der Waals surface area contributed by atoms with Gasteiger partial charge in [-0.2, -0.15) is 0 Å². The van der Waals surface area contributed by atoms with Crippen molar-refractivity contribution in [2.75, 3.05) is 11.1 Å². The average Bonchev–Trinajstić information content (AvgIpc) is 3.02. The number of hydrogen-bond donors (Lipinski definition) is 1. The SMILES string of the molecule is CC(C)c1ccc(NC(=O)CSc2ccc(-c3ccncc3)n2C)cc1. The highest BCUT2D eigenvalue weighted by Gasteiger charge is 2.10. The molecule has 0 spiro atoms. The first-order valence-electron chi connectivity index (χ1n) is 8.63. The van der Waals surface area contributed by atoms with Gasteiger partial charge in [-0.3, -0.25) is 9.78 Å². The van der Waals surface area contributed by atoms with E-state index in [0.29, 0.717) is 11.7 Å². The van der Waals surface area contributed by atoms with E-state index in [1.165, 1.54) is 17.3 Å². The molecule has 0 bridgehead atoms. The number of carbonyl (C=O) groups excluding carboxylic acids is 1. The molecular formula is C21H23N3OS. The summed E-state index contributed by atoms with van der Waals surface area (Å²) < 4.78 is 2.10. The number of benzene rings is 1. The number of thioether (sulfide) groups is 1. The Morgan fingerprint density at radius 3 is 2.42 bits per heavy atom. The topological polar surface area (TPSA) is 46.9 Å². The van der Waals surface area contributed by atoms with Gasteiger partial charge in [-0.25, -0.2) is 0 Å². The Morgan fingerprint density at radius 1 is 1.08 bits per heavy atom. The number of carbonyl (C=O) groups is 1. The number of hydrogen-bond acceptors (Lipinski definition) is 3. The van der Waals surface area contributed by atoms with E-state index in [1.54, 1.807) is 12.4 Å². The van der Waals surface area contributed by atoms with Gasteiger partial charge in [0.15, 0.2) is 0 Å². The molecule has 1 aromatic carbocycles. The van der Waals surface area contributed by atoms with Gasteiger partial charge in [-0.05, 0) is 47.9 Å². The lowest BCUT2D eigenvalue weighted by atomic mass is 10.0. The van der Waals surface area contributed by atoms with E-state index in [9.17, 15) is 4.79 Å². The van der Waals surface area contributed by atoms with E-state index in [0.717, 1.165) is 22.0 Å². The first kappa shape index (κ1) is 18.3. The van der Waals surface area contributed by atoms with Crippen LogP contribution in [-0.2, 0) is 11.8 Å². The number of nitrogens with zero attached hydrogens (tertiary/aromatic N) is 2. The lowest BCUT2D eigenvalue weighted by Gasteiger charge is -2.09. The van der Waals surface area contributed by atoms with Gasteiger partial charge in [0.1, 0.15) is 0 Å². The van der Waals surface area contributed by atoms with Gasteiger partial charge in [0.25, 0.3) is 0 Å². The Kier molecular flexibility index (Phi) is 5.78. The molecule has 0 fully saturated rings. The quantitative estimate of drug-likeness (QED) is 0.629. The molecule has 0 unspecified atom stereocenters. The molecule has 3 rings (SSSR count). The fourth-order valence-corrected chi connectivity index (χ4v) is 3.55. The second-order valence-electron chi connectivity index (χ2n) is 6.47. The summed E-state index contributed by atoms with van der Waals surface area (Å²) in [7, 11) is 2.01. The highest BCUT2D eigenvalue weighted by Crippen LogP contribution is 2.27. The molecular weight excluding hydrogens is 342 g/mol.